The van der Waals surface area contributed by atoms with Gasteiger partial charge in [-0.1, -0.05) is 31.5 Å². The molecule has 1 aliphatic heterocycles. The van der Waals surface area contributed by atoms with Gasteiger partial charge < -0.3 is 10.2 Å². The van der Waals surface area contributed by atoms with E-state index in [9.17, 15) is 0 Å². The number of fused-ring (bicyclic) bond motifs is 1. The molecule has 24 heavy (non-hydrogen) atoms. The second-order valence-corrected chi connectivity index (χ2v) is 7.45. The molecular formula is C19H25ClN4. The van der Waals surface area contributed by atoms with E-state index in [0.29, 0.717) is 17.9 Å². The van der Waals surface area contributed by atoms with Crippen LogP contribution >= 0.6 is 11.6 Å². The van der Waals surface area contributed by atoms with Gasteiger partial charge >= 0.3 is 0 Å². The first-order chi connectivity index (χ1) is 11.4. The summed E-state index contributed by atoms with van der Waals surface area (Å²) in [5.41, 5.74) is 3.75. The predicted molar refractivity (Wildman–Crippen MR) is 101 cm³/mol. The van der Waals surface area contributed by atoms with Crippen molar-refractivity contribution in [3.63, 3.8) is 0 Å². The van der Waals surface area contributed by atoms with Gasteiger partial charge in [-0.15, -0.1) is 0 Å². The Balaban J connectivity index is 1.91. The maximum absolute atomic E-state index is 6.11. The lowest BCUT2D eigenvalue weighted by Gasteiger charge is -2.30. The van der Waals surface area contributed by atoms with Crippen molar-refractivity contribution in [2.45, 2.75) is 52.6 Å². The molecule has 2 heterocycles. The largest absolute Gasteiger partial charge is 0.352 e. The Kier molecular flexibility index (Phi) is 4.95. The third kappa shape index (κ3) is 3.81. The lowest BCUT2D eigenvalue weighted by molar-refractivity contribution is 0.712. The molecule has 128 valence electrons. The van der Waals surface area contributed by atoms with Gasteiger partial charge in [0.25, 0.3) is 0 Å². The average Bonchev–Trinajstić information content (AvgIpc) is 2.53. The molecule has 1 aromatic carbocycles. The number of aromatic nitrogens is 2. The van der Waals surface area contributed by atoms with E-state index >= 15 is 0 Å². The normalized spacial score (nSPS) is 14.2. The van der Waals surface area contributed by atoms with E-state index < -0.39 is 0 Å². The minimum Gasteiger partial charge on any atom is -0.352 e. The number of rotatable bonds is 4. The highest BCUT2D eigenvalue weighted by atomic mass is 35.5. The Morgan fingerprint density at radius 1 is 1.08 bits per heavy atom. The fraction of sp³-hybridized carbons (Fsp3) is 0.474. The third-order valence-electron chi connectivity index (χ3n) is 4.25. The molecular weight excluding hydrogens is 320 g/mol. The molecule has 0 radical (unpaired) electrons. The highest BCUT2D eigenvalue weighted by Gasteiger charge is 2.20. The minimum absolute atomic E-state index is 0.310. The van der Waals surface area contributed by atoms with Crippen LogP contribution in [0.4, 0.5) is 11.8 Å². The molecule has 0 fully saturated rings. The van der Waals surface area contributed by atoms with E-state index in [1.807, 2.05) is 6.07 Å². The summed E-state index contributed by atoms with van der Waals surface area (Å²) in [6, 6.07) is 8.61. The molecule has 5 heteroatoms. The first-order valence-electron chi connectivity index (χ1n) is 8.60. The number of hydrogen-bond acceptors (Lipinski definition) is 4. The van der Waals surface area contributed by atoms with E-state index in [4.69, 9.17) is 16.6 Å². The van der Waals surface area contributed by atoms with E-state index in [-0.39, 0.29) is 0 Å². The highest BCUT2D eigenvalue weighted by molar-refractivity contribution is 6.30. The number of nitrogens with zero attached hydrogens (tertiary/aromatic N) is 3. The van der Waals surface area contributed by atoms with Crippen molar-refractivity contribution in [2.24, 2.45) is 0 Å². The van der Waals surface area contributed by atoms with Crippen LogP contribution < -0.4 is 10.2 Å². The summed E-state index contributed by atoms with van der Waals surface area (Å²) in [7, 11) is 0. The maximum atomic E-state index is 6.11. The summed E-state index contributed by atoms with van der Waals surface area (Å²) in [4.78, 5) is 11.7. The fourth-order valence-electron chi connectivity index (χ4n) is 2.95. The van der Waals surface area contributed by atoms with Gasteiger partial charge in [0, 0.05) is 30.2 Å². The van der Waals surface area contributed by atoms with E-state index in [0.717, 1.165) is 36.0 Å². The van der Waals surface area contributed by atoms with Crippen LogP contribution in [0, 0.1) is 0 Å². The summed E-state index contributed by atoms with van der Waals surface area (Å²) >= 11 is 6.11. The number of benzene rings is 1. The van der Waals surface area contributed by atoms with Gasteiger partial charge in [-0.3, -0.25) is 0 Å². The van der Waals surface area contributed by atoms with Crippen LogP contribution in [-0.2, 0) is 13.0 Å². The van der Waals surface area contributed by atoms with Crippen LogP contribution in [0.25, 0.3) is 0 Å². The van der Waals surface area contributed by atoms with Crippen LogP contribution in [0.1, 0.15) is 50.4 Å². The Hall–Kier alpha value is -1.81. The summed E-state index contributed by atoms with van der Waals surface area (Å²) in [6.07, 6.45) is 0.990. The molecule has 0 spiro atoms. The zero-order valence-corrected chi connectivity index (χ0v) is 15.6. The van der Waals surface area contributed by atoms with Gasteiger partial charge in [0.1, 0.15) is 5.82 Å². The predicted octanol–water partition coefficient (Wildman–Crippen LogP) is 4.64. The molecule has 1 aliphatic rings. The van der Waals surface area contributed by atoms with Crippen LogP contribution in [0.15, 0.2) is 24.3 Å². The molecule has 3 rings (SSSR count). The third-order valence-corrected chi connectivity index (χ3v) is 4.48. The molecule has 0 bridgehead atoms. The van der Waals surface area contributed by atoms with Crippen molar-refractivity contribution >= 4 is 23.4 Å². The minimum atomic E-state index is 0.310. The second-order valence-electron chi connectivity index (χ2n) is 7.01. The molecule has 1 aromatic heterocycles. The van der Waals surface area contributed by atoms with Gasteiger partial charge in [0.2, 0.25) is 5.95 Å². The van der Waals surface area contributed by atoms with Crippen LogP contribution in [0.3, 0.4) is 0 Å². The summed E-state index contributed by atoms with van der Waals surface area (Å²) in [5, 5.41) is 4.15. The highest BCUT2D eigenvalue weighted by Crippen LogP contribution is 2.27. The van der Waals surface area contributed by atoms with Crippen LogP contribution in [-0.4, -0.2) is 22.6 Å². The van der Waals surface area contributed by atoms with Gasteiger partial charge in [-0.05, 0) is 49.4 Å². The molecule has 0 unspecified atom stereocenters. The quantitative estimate of drug-likeness (QED) is 0.877. The summed E-state index contributed by atoms with van der Waals surface area (Å²) < 4.78 is 0. The van der Waals surface area contributed by atoms with Gasteiger partial charge in [0.15, 0.2) is 0 Å². The smallest absolute Gasteiger partial charge is 0.225 e. The SMILES string of the molecule is CC(C)Nc1nc(C(C)C)cc(N2CCc3cc(Cl)ccc3C2)n1. The molecule has 0 aliphatic carbocycles. The van der Waals surface area contributed by atoms with Crippen molar-refractivity contribution in [3.05, 3.63) is 46.1 Å². The van der Waals surface area contributed by atoms with E-state index in [1.54, 1.807) is 0 Å². The monoisotopic (exact) mass is 344 g/mol. The Bertz CT molecular complexity index is 727. The van der Waals surface area contributed by atoms with Crippen LogP contribution in [0.2, 0.25) is 5.02 Å². The van der Waals surface area contributed by atoms with Crippen LogP contribution in [0.5, 0.6) is 0 Å². The summed E-state index contributed by atoms with van der Waals surface area (Å²) in [5.74, 6) is 2.08. The topological polar surface area (TPSA) is 41.1 Å². The lowest BCUT2D eigenvalue weighted by Crippen LogP contribution is -2.31. The van der Waals surface area contributed by atoms with E-state index in [2.05, 4.69) is 61.1 Å². The van der Waals surface area contributed by atoms with Crippen molar-refractivity contribution in [1.29, 1.82) is 0 Å². The first-order valence-corrected chi connectivity index (χ1v) is 8.98. The van der Waals surface area contributed by atoms with Crippen molar-refractivity contribution in [1.82, 2.24) is 9.97 Å². The van der Waals surface area contributed by atoms with Gasteiger partial charge in [0.05, 0.1) is 5.69 Å². The Morgan fingerprint density at radius 2 is 1.88 bits per heavy atom. The van der Waals surface area contributed by atoms with Gasteiger partial charge in [-0.2, -0.15) is 4.98 Å². The molecule has 0 atom stereocenters. The van der Waals surface area contributed by atoms with Crippen molar-refractivity contribution in [2.75, 3.05) is 16.8 Å². The van der Waals surface area contributed by atoms with Crippen molar-refractivity contribution < 1.29 is 0 Å². The van der Waals surface area contributed by atoms with Gasteiger partial charge in [-0.25, -0.2) is 4.98 Å². The molecule has 1 N–H and O–H groups in total. The Labute approximate surface area is 149 Å². The Morgan fingerprint density at radius 3 is 2.58 bits per heavy atom. The molecule has 0 amide bonds. The zero-order valence-electron chi connectivity index (χ0n) is 14.8. The second kappa shape index (κ2) is 6.98. The standard InChI is InChI=1S/C19H25ClN4/c1-12(2)17-10-18(23-19(22-17)21-13(3)4)24-8-7-14-9-16(20)6-5-15(14)11-24/h5-6,9-10,12-13H,7-8,11H2,1-4H3,(H,21,22,23). The zero-order chi connectivity index (χ0) is 17.3. The molecule has 0 saturated carbocycles. The number of halogens is 1. The molecule has 2 aromatic rings. The summed E-state index contributed by atoms with van der Waals surface area (Å²) in [6.45, 7) is 10.3. The van der Waals surface area contributed by atoms with E-state index in [1.165, 1.54) is 11.1 Å². The first kappa shape index (κ1) is 17.0. The number of nitrogens with one attached hydrogen (secondary N) is 1. The fourth-order valence-corrected chi connectivity index (χ4v) is 3.14. The number of hydrogen-bond donors (Lipinski definition) is 1. The number of anilines is 2. The van der Waals surface area contributed by atoms with Crippen molar-refractivity contribution in [3.8, 4) is 0 Å². The molecule has 0 saturated heterocycles. The maximum Gasteiger partial charge on any atom is 0.225 e. The lowest BCUT2D eigenvalue weighted by atomic mass is 10.00. The average molecular weight is 345 g/mol. The molecule has 4 nitrogen and oxygen atoms in total.